The number of carbonyl (C=O) groups excluding carboxylic acids is 1. The van der Waals surface area contributed by atoms with E-state index in [1.54, 1.807) is 0 Å². The first-order valence-corrected chi connectivity index (χ1v) is 7.14. The van der Waals surface area contributed by atoms with Gasteiger partial charge in [0, 0.05) is 6.08 Å². The maximum Gasteiger partial charge on any atom is 0.330 e. The number of ether oxygens (including phenoxy) is 1. The number of allylic oxidation sites excluding steroid dienone is 1. The molecule has 0 radical (unpaired) electrons. The molecule has 0 saturated heterocycles. The molecule has 0 aliphatic rings. The molecule has 0 aliphatic carbocycles. The summed E-state index contributed by atoms with van der Waals surface area (Å²) in [5.41, 5.74) is 0. The van der Waals surface area contributed by atoms with Crippen molar-refractivity contribution in [3.05, 3.63) is 12.2 Å². The second-order valence-corrected chi connectivity index (χ2v) is 4.45. The molecular formula is C15H28O2. The minimum atomic E-state index is -0.199. The van der Waals surface area contributed by atoms with Gasteiger partial charge in [0.15, 0.2) is 0 Å². The fraction of sp³-hybridized carbons (Fsp3) is 0.800. The minimum Gasteiger partial charge on any atom is -0.463 e. The van der Waals surface area contributed by atoms with E-state index < -0.39 is 0 Å². The third kappa shape index (κ3) is 13.1. The maximum absolute atomic E-state index is 11.1. The van der Waals surface area contributed by atoms with Crippen LogP contribution in [0.3, 0.4) is 0 Å². The molecule has 0 aromatic rings. The average Bonchev–Trinajstić information content (AvgIpc) is 2.34. The largest absolute Gasteiger partial charge is 0.463 e. The molecule has 2 heteroatoms. The van der Waals surface area contributed by atoms with E-state index in [1.807, 2.05) is 13.0 Å². The molecule has 0 amide bonds. The van der Waals surface area contributed by atoms with Crippen LogP contribution in [-0.4, -0.2) is 12.6 Å². The Bertz CT molecular complexity index is 197. The van der Waals surface area contributed by atoms with Crippen LogP contribution in [-0.2, 0) is 9.53 Å². The van der Waals surface area contributed by atoms with Gasteiger partial charge in [0.25, 0.3) is 0 Å². The van der Waals surface area contributed by atoms with Crippen molar-refractivity contribution in [2.24, 2.45) is 0 Å². The van der Waals surface area contributed by atoms with Gasteiger partial charge in [0.2, 0.25) is 0 Å². The van der Waals surface area contributed by atoms with Gasteiger partial charge in [-0.3, -0.25) is 0 Å². The topological polar surface area (TPSA) is 26.3 Å². The highest BCUT2D eigenvalue weighted by atomic mass is 16.5. The van der Waals surface area contributed by atoms with Crippen molar-refractivity contribution in [1.29, 1.82) is 0 Å². The molecule has 17 heavy (non-hydrogen) atoms. The van der Waals surface area contributed by atoms with E-state index in [1.165, 1.54) is 51.0 Å². The van der Waals surface area contributed by atoms with Gasteiger partial charge in [-0.2, -0.15) is 0 Å². The number of carbonyl (C=O) groups is 1. The average molecular weight is 240 g/mol. The van der Waals surface area contributed by atoms with Gasteiger partial charge in [-0.05, 0) is 12.8 Å². The van der Waals surface area contributed by atoms with Crippen LogP contribution in [0.1, 0.15) is 71.6 Å². The minimum absolute atomic E-state index is 0.199. The van der Waals surface area contributed by atoms with Gasteiger partial charge in [-0.15, -0.1) is 0 Å². The summed E-state index contributed by atoms with van der Waals surface area (Å²) in [6.07, 6.45) is 14.4. The second kappa shape index (κ2) is 13.3. The Morgan fingerprint density at radius 1 is 0.941 bits per heavy atom. The summed E-state index contributed by atoms with van der Waals surface area (Å²) in [5, 5.41) is 0. The number of unbranched alkanes of at least 4 members (excludes halogenated alkanes) is 7. The highest BCUT2D eigenvalue weighted by Crippen LogP contribution is 2.08. The fourth-order valence-corrected chi connectivity index (χ4v) is 1.67. The van der Waals surface area contributed by atoms with E-state index >= 15 is 0 Å². The predicted molar refractivity (Wildman–Crippen MR) is 73.0 cm³/mol. The number of rotatable bonds is 11. The van der Waals surface area contributed by atoms with Crippen LogP contribution in [0.5, 0.6) is 0 Å². The SMILES string of the molecule is CCC=CC(=O)OCCCCCCCCCC. The summed E-state index contributed by atoms with van der Waals surface area (Å²) < 4.78 is 5.06. The zero-order chi connectivity index (χ0) is 12.8. The van der Waals surface area contributed by atoms with E-state index in [0.717, 1.165) is 12.8 Å². The summed E-state index contributed by atoms with van der Waals surface area (Å²) in [4.78, 5) is 11.1. The Kier molecular flexibility index (Phi) is 12.7. The van der Waals surface area contributed by atoms with Crippen LogP contribution in [0.2, 0.25) is 0 Å². The predicted octanol–water partition coefficient (Wildman–Crippen LogP) is 4.64. The standard InChI is InChI=1S/C15H28O2/c1-3-5-7-8-9-10-11-12-14-17-15(16)13-6-4-2/h6,13H,3-5,7-12,14H2,1-2H3. The Morgan fingerprint density at radius 2 is 1.53 bits per heavy atom. The summed E-state index contributed by atoms with van der Waals surface area (Å²) in [6.45, 7) is 4.81. The van der Waals surface area contributed by atoms with E-state index in [9.17, 15) is 4.79 Å². The molecule has 0 fully saturated rings. The van der Waals surface area contributed by atoms with E-state index in [4.69, 9.17) is 4.74 Å². The van der Waals surface area contributed by atoms with Gasteiger partial charge in [0.05, 0.1) is 6.61 Å². The van der Waals surface area contributed by atoms with E-state index in [-0.39, 0.29) is 5.97 Å². The smallest absolute Gasteiger partial charge is 0.330 e. The molecule has 0 unspecified atom stereocenters. The molecule has 0 bridgehead atoms. The Morgan fingerprint density at radius 3 is 2.12 bits per heavy atom. The maximum atomic E-state index is 11.1. The molecule has 0 rings (SSSR count). The van der Waals surface area contributed by atoms with Gasteiger partial charge < -0.3 is 4.74 Å². The van der Waals surface area contributed by atoms with Crippen molar-refractivity contribution < 1.29 is 9.53 Å². The van der Waals surface area contributed by atoms with Crippen molar-refractivity contribution in [3.63, 3.8) is 0 Å². The highest BCUT2D eigenvalue weighted by Gasteiger charge is 1.96. The Labute approximate surface area is 106 Å². The number of hydrogen-bond donors (Lipinski definition) is 0. The van der Waals surface area contributed by atoms with Crippen LogP contribution in [0, 0.1) is 0 Å². The molecule has 100 valence electrons. The van der Waals surface area contributed by atoms with Crippen molar-refractivity contribution in [1.82, 2.24) is 0 Å². The van der Waals surface area contributed by atoms with Crippen molar-refractivity contribution >= 4 is 5.97 Å². The lowest BCUT2D eigenvalue weighted by molar-refractivity contribution is -0.137. The van der Waals surface area contributed by atoms with E-state index in [2.05, 4.69) is 6.92 Å². The van der Waals surface area contributed by atoms with Crippen LogP contribution >= 0.6 is 0 Å². The first-order chi connectivity index (χ1) is 8.31. The Hall–Kier alpha value is -0.790. The lowest BCUT2D eigenvalue weighted by Crippen LogP contribution is -2.02. The molecule has 0 aromatic carbocycles. The van der Waals surface area contributed by atoms with Crippen LogP contribution in [0.15, 0.2) is 12.2 Å². The quantitative estimate of drug-likeness (QED) is 0.299. The lowest BCUT2D eigenvalue weighted by atomic mass is 10.1. The summed E-state index contributed by atoms with van der Waals surface area (Å²) in [6, 6.07) is 0. The first-order valence-electron chi connectivity index (χ1n) is 7.14. The number of hydrogen-bond acceptors (Lipinski definition) is 2. The summed E-state index contributed by atoms with van der Waals surface area (Å²) in [5.74, 6) is -0.199. The van der Waals surface area contributed by atoms with Crippen LogP contribution in [0.4, 0.5) is 0 Å². The lowest BCUT2D eigenvalue weighted by Gasteiger charge is -2.02. The van der Waals surface area contributed by atoms with Gasteiger partial charge in [-0.1, -0.05) is 64.9 Å². The fourth-order valence-electron chi connectivity index (χ4n) is 1.67. The molecule has 0 atom stereocenters. The molecule has 0 spiro atoms. The van der Waals surface area contributed by atoms with Crippen molar-refractivity contribution in [3.8, 4) is 0 Å². The third-order valence-corrected chi connectivity index (χ3v) is 2.73. The third-order valence-electron chi connectivity index (χ3n) is 2.73. The highest BCUT2D eigenvalue weighted by molar-refractivity contribution is 5.81. The zero-order valence-corrected chi connectivity index (χ0v) is 11.5. The van der Waals surface area contributed by atoms with Gasteiger partial charge in [0.1, 0.15) is 0 Å². The molecule has 0 saturated carbocycles. The molecule has 0 aromatic heterocycles. The van der Waals surface area contributed by atoms with Crippen molar-refractivity contribution in [2.45, 2.75) is 71.6 Å². The molecular weight excluding hydrogens is 212 g/mol. The first kappa shape index (κ1) is 16.2. The Balaban J connectivity index is 3.13. The number of esters is 1. The van der Waals surface area contributed by atoms with E-state index in [0.29, 0.717) is 6.61 Å². The molecule has 0 aliphatic heterocycles. The van der Waals surface area contributed by atoms with Gasteiger partial charge in [-0.25, -0.2) is 4.79 Å². The van der Waals surface area contributed by atoms with Crippen molar-refractivity contribution in [2.75, 3.05) is 6.61 Å². The zero-order valence-electron chi connectivity index (χ0n) is 11.5. The normalized spacial score (nSPS) is 10.9. The molecule has 0 heterocycles. The molecule has 2 nitrogen and oxygen atoms in total. The monoisotopic (exact) mass is 240 g/mol. The summed E-state index contributed by atoms with van der Waals surface area (Å²) >= 11 is 0. The van der Waals surface area contributed by atoms with Crippen LogP contribution < -0.4 is 0 Å². The molecule has 0 N–H and O–H groups in total. The van der Waals surface area contributed by atoms with Crippen LogP contribution in [0.25, 0.3) is 0 Å². The summed E-state index contributed by atoms with van der Waals surface area (Å²) in [7, 11) is 0. The van der Waals surface area contributed by atoms with Gasteiger partial charge >= 0.3 is 5.97 Å². The second-order valence-electron chi connectivity index (χ2n) is 4.45.